The summed E-state index contributed by atoms with van der Waals surface area (Å²) < 4.78 is 0. The summed E-state index contributed by atoms with van der Waals surface area (Å²) in [5.74, 6) is 0. The molecule has 0 bridgehead atoms. The average Bonchev–Trinajstić information content (AvgIpc) is 2.83. The Bertz CT molecular complexity index is 528. The molecule has 0 saturated heterocycles. The summed E-state index contributed by atoms with van der Waals surface area (Å²) in [6.07, 6.45) is 2.23. The van der Waals surface area contributed by atoms with Crippen LogP contribution in [0.25, 0.3) is 0 Å². The van der Waals surface area contributed by atoms with Gasteiger partial charge < -0.3 is 0 Å². The first-order valence-electron chi connectivity index (χ1n) is 6.47. The number of rotatable bonds is 4. The van der Waals surface area contributed by atoms with Gasteiger partial charge in [0, 0.05) is 9.75 Å². The molecule has 1 atom stereocenters. The molecule has 1 aromatic carbocycles. The van der Waals surface area contributed by atoms with Crippen molar-refractivity contribution in [3.63, 3.8) is 0 Å². The molecular weight excluding hydrogens is 304 g/mol. The molecule has 1 aromatic heterocycles. The smallest absolute Gasteiger partial charge is 0.0738 e. The number of thiophene rings is 1. The highest BCUT2D eigenvalue weighted by Gasteiger charge is 2.13. The molecule has 2 rings (SSSR count). The molecule has 0 aliphatic carbocycles. The van der Waals surface area contributed by atoms with E-state index in [2.05, 4.69) is 67.0 Å². The van der Waals surface area contributed by atoms with Gasteiger partial charge in [-0.2, -0.15) is 0 Å². The van der Waals surface area contributed by atoms with Gasteiger partial charge in [0.2, 0.25) is 0 Å². The molecule has 1 unspecified atom stereocenters. The first-order valence-corrected chi connectivity index (χ1v) is 8.21. The summed E-state index contributed by atoms with van der Waals surface area (Å²) in [6.45, 7) is 6.62. The topological polar surface area (TPSA) is 0 Å². The fourth-order valence-electron chi connectivity index (χ4n) is 2.23. The molecule has 0 radical (unpaired) electrons. The Morgan fingerprint density at radius 2 is 1.78 bits per heavy atom. The van der Waals surface area contributed by atoms with E-state index in [0.717, 1.165) is 12.8 Å². The van der Waals surface area contributed by atoms with E-state index in [1.165, 1.54) is 26.4 Å². The molecule has 2 aromatic rings. The van der Waals surface area contributed by atoms with Crippen LogP contribution in [-0.2, 0) is 12.8 Å². The quantitative estimate of drug-likeness (QED) is 0.636. The van der Waals surface area contributed by atoms with Crippen LogP contribution in [0.15, 0.2) is 30.3 Å². The Balaban J connectivity index is 2.33. The van der Waals surface area contributed by atoms with Crippen LogP contribution >= 0.6 is 27.3 Å². The van der Waals surface area contributed by atoms with Crippen molar-refractivity contribution in [3.8, 4) is 0 Å². The van der Waals surface area contributed by atoms with Crippen molar-refractivity contribution in [1.29, 1.82) is 0 Å². The fraction of sp³-hybridized carbons (Fsp3) is 0.375. The van der Waals surface area contributed by atoms with Gasteiger partial charge >= 0.3 is 0 Å². The molecule has 1 heterocycles. The van der Waals surface area contributed by atoms with Gasteiger partial charge in [-0.05, 0) is 48.6 Å². The normalized spacial score (nSPS) is 12.7. The van der Waals surface area contributed by atoms with E-state index in [0.29, 0.717) is 4.83 Å². The molecule has 18 heavy (non-hydrogen) atoms. The number of alkyl halides is 1. The van der Waals surface area contributed by atoms with E-state index in [-0.39, 0.29) is 0 Å². The van der Waals surface area contributed by atoms with Crippen molar-refractivity contribution in [2.75, 3.05) is 0 Å². The second kappa shape index (κ2) is 6.03. The van der Waals surface area contributed by atoms with Crippen LogP contribution in [0, 0.1) is 6.92 Å². The highest BCUT2D eigenvalue weighted by atomic mass is 79.9. The third-order valence-corrected chi connectivity index (χ3v) is 5.69. The standard InChI is InChI=1S/C16H19BrS/c1-4-12-7-8-14(10-13(12)5-2)16(17)15-9-6-11(3)18-15/h6-10,16H,4-5H2,1-3H3. The van der Waals surface area contributed by atoms with Crippen molar-refractivity contribution in [3.05, 3.63) is 56.8 Å². The number of aryl methyl sites for hydroxylation is 3. The fourth-order valence-corrected chi connectivity index (χ4v) is 3.83. The van der Waals surface area contributed by atoms with Crippen LogP contribution in [-0.4, -0.2) is 0 Å². The Morgan fingerprint density at radius 3 is 2.33 bits per heavy atom. The van der Waals surface area contributed by atoms with Crippen molar-refractivity contribution in [2.24, 2.45) is 0 Å². The second-order valence-electron chi connectivity index (χ2n) is 4.55. The van der Waals surface area contributed by atoms with E-state index in [4.69, 9.17) is 0 Å². The van der Waals surface area contributed by atoms with Gasteiger partial charge in [-0.1, -0.05) is 48.0 Å². The molecule has 0 spiro atoms. The molecule has 0 saturated carbocycles. The zero-order chi connectivity index (χ0) is 13.1. The minimum Gasteiger partial charge on any atom is -0.144 e. The van der Waals surface area contributed by atoms with Gasteiger partial charge in [-0.15, -0.1) is 11.3 Å². The van der Waals surface area contributed by atoms with Gasteiger partial charge in [0.05, 0.1) is 4.83 Å². The summed E-state index contributed by atoms with van der Waals surface area (Å²) in [5, 5.41) is 0. The van der Waals surface area contributed by atoms with Gasteiger partial charge in [0.15, 0.2) is 0 Å². The molecule has 0 aliphatic heterocycles. The average molecular weight is 323 g/mol. The Labute approximate surface area is 122 Å². The lowest BCUT2D eigenvalue weighted by Crippen LogP contribution is -1.96. The predicted molar refractivity (Wildman–Crippen MR) is 85.0 cm³/mol. The summed E-state index contributed by atoms with van der Waals surface area (Å²) in [5.41, 5.74) is 4.32. The summed E-state index contributed by atoms with van der Waals surface area (Å²) >= 11 is 5.69. The van der Waals surface area contributed by atoms with Gasteiger partial charge in [0.1, 0.15) is 0 Å². The third kappa shape index (κ3) is 2.86. The number of halogens is 1. The lowest BCUT2D eigenvalue weighted by atomic mass is 9.98. The highest BCUT2D eigenvalue weighted by molar-refractivity contribution is 9.09. The van der Waals surface area contributed by atoms with E-state index < -0.39 is 0 Å². The van der Waals surface area contributed by atoms with Crippen LogP contribution < -0.4 is 0 Å². The minimum atomic E-state index is 0.326. The molecule has 0 N–H and O–H groups in total. The molecule has 96 valence electrons. The van der Waals surface area contributed by atoms with Gasteiger partial charge in [-0.25, -0.2) is 0 Å². The summed E-state index contributed by atoms with van der Waals surface area (Å²) in [4.78, 5) is 3.08. The maximum Gasteiger partial charge on any atom is 0.0738 e. The SMILES string of the molecule is CCc1ccc(C(Br)c2ccc(C)s2)cc1CC. The van der Waals surface area contributed by atoms with E-state index in [1.807, 2.05) is 11.3 Å². The molecule has 0 fully saturated rings. The van der Waals surface area contributed by atoms with Crippen molar-refractivity contribution < 1.29 is 0 Å². The monoisotopic (exact) mass is 322 g/mol. The summed E-state index contributed by atoms with van der Waals surface area (Å²) in [7, 11) is 0. The minimum absolute atomic E-state index is 0.326. The molecule has 0 amide bonds. The van der Waals surface area contributed by atoms with Crippen molar-refractivity contribution >= 4 is 27.3 Å². The van der Waals surface area contributed by atoms with Crippen LogP contribution in [0.1, 0.15) is 45.1 Å². The first-order chi connectivity index (χ1) is 8.65. The van der Waals surface area contributed by atoms with E-state index in [9.17, 15) is 0 Å². The Kier molecular flexibility index (Phi) is 4.63. The van der Waals surface area contributed by atoms with Crippen molar-refractivity contribution in [2.45, 2.75) is 38.4 Å². The Morgan fingerprint density at radius 1 is 1.06 bits per heavy atom. The van der Waals surface area contributed by atoms with Crippen LogP contribution in [0.4, 0.5) is 0 Å². The van der Waals surface area contributed by atoms with Gasteiger partial charge in [0.25, 0.3) is 0 Å². The number of hydrogen-bond donors (Lipinski definition) is 0. The Hall–Kier alpha value is -0.600. The van der Waals surface area contributed by atoms with E-state index >= 15 is 0 Å². The van der Waals surface area contributed by atoms with E-state index in [1.54, 1.807) is 0 Å². The lowest BCUT2D eigenvalue weighted by molar-refractivity contribution is 1.02. The van der Waals surface area contributed by atoms with Crippen LogP contribution in [0.5, 0.6) is 0 Å². The van der Waals surface area contributed by atoms with Crippen molar-refractivity contribution in [1.82, 2.24) is 0 Å². The molecule has 2 heteroatoms. The second-order valence-corrected chi connectivity index (χ2v) is 6.78. The third-order valence-electron chi connectivity index (χ3n) is 3.30. The lowest BCUT2D eigenvalue weighted by Gasteiger charge is -2.12. The molecule has 0 nitrogen and oxygen atoms in total. The zero-order valence-corrected chi connectivity index (χ0v) is 13.6. The number of hydrogen-bond acceptors (Lipinski definition) is 1. The first kappa shape index (κ1) is 13.8. The highest BCUT2D eigenvalue weighted by Crippen LogP contribution is 2.35. The molecule has 0 aliphatic rings. The summed E-state index contributed by atoms with van der Waals surface area (Å²) in [6, 6.07) is 11.3. The van der Waals surface area contributed by atoms with Gasteiger partial charge in [-0.3, -0.25) is 0 Å². The van der Waals surface area contributed by atoms with Crippen LogP contribution in [0.3, 0.4) is 0 Å². The maximum atomic E-state index is 3.83. The number of benzene rings is 1. The zero-order valence-electron chi connectivity index (χ0n) is 11.2. The van der Waals surface area contributed by atoms with Crippen LogP contribution in [0.2, 0.25) is 0 Å². The largest absolute Gasteiger partial charge is 0.144 e. The predicted octanol–water partition coefficient (Wildman–Crippen LogP) is 5.67. The molecular formula is C16H19BrS. The maximum absolute atomic E-state index is 3.83.